The van der Waals surface area contributed by atoms with E-state index in [0.717, 1.165) is 12.8 Å². The Bertz CT molecular complexity index is 482. The molecule has 0 spiro atoms. The number of carboxylic acids is 1. The third-order valence-corrected chi connectivity index (χ3v) is 5.22. The van der Waals surface area contributed by atoms with E-state index in [1.54, 1.807) is 0 Å². The van der Waals surface area contributed by atoms with Crippen molar-refractivity contribution >= 4 is 15.8 Å². The molecule has 1 aliphatic heterocycles. The lowest BCUT2D eigenvalue weighted by atomic mass is 10.0. The van der Waals surface area contributed by atoms with Crippen molar-refractivity contribution in [3.05, 3.63) is 0 Å². The molecule has 5 atom stereocenters. The Hall–Kier alpha value is -0.780. The quantitative estimate of drug-likeness (QED) is 0.360. The van der Waals surface area contributed by atoms with Gasteiger partial charge in [-0.3, -0.25) is 4.79 Å². The number of rotatable bonds is 9. The molecule has 136 valence electrons. The fourth-order valence-electron chi connectivity index (χ4n) is 2.20. The maximum absolute atomic E-state index is 12.0. The second-order valence-corrected chi connectivity index (χ2v) is 7.82. The smallest absolute Gasteiger partial charge is 0.321 e. The molecule has 0 amide bonds. The van der Waals surface area contributed by atoms with Gasteiger partial charge in [-0.2, -0.15) is 0 Å². The Morgan fingerprint density at radius 1 is 1.43 bits per heavy atom. The zero-order valence-corrected chi connectivity index (χ0v) is 13.8. The van der Waals surface area contributed by atoms with Crippen LogP contribution in [0.15, 0.2) is 0 Å². The van der Waals surface area contributed by atoms with Crippen LogP contribution in [0.3, 0.4) is 0 Å². The van der Waals surface area contributed by atoms with Gasteiger partial charge >= 0.3 is 5.97 Å². The van der Waals surface area contributed by atoms with Gasteiger partial charge < -0.3 is 30.5 Å². The molecule has 0 aromatic rings. The first-order chi connectivity index (χ1) is 10.7. The monoisotopic (exact) mass is 355 g/mol. The van der Waals surface area contributed by atoms with Crippen molar-refractivity contribution in [1.82, 2.24) is 0 Å². The van der Waals surface area contributed by atoms with Crippen molar-refractivity contribution in [3.8, 4) is 0 Å². The van der Waals surface area contributed by atoms with E-state index in [1.807, 2.05) is 6.92 Å². The van der Waals surface area contributed by atoms with Crippen LogP contribution < -0.4 is 5.73 Å². The highest BCUT2D eigenvalue weighted by Crippen LogP contribution is 2.23. The lowest BCUT2D eigenvalue weighted by molar-refractivity contribution is -0.262. The van der Waals surface area contributed by atoms with Gasteiger partial charge in [-0.15, -0.1) is 0 Å². The van der Waals surface area contributed by atoms with Crippen molar-refractivity contribution in [2.24, 2.45) is 5.73 Å². The second kappa shape index (κ2) is 8.90. The molecule has 0 aromatic heterocycles. The van der Waals surface area contributed by atoms with Gasteiger partial charge in [0.1, 0.15) is 12.1 Å². The third kappa shape index (κ3) is 6.69. The summed E-state index contributed by atoms with van der Waals surface area (Å²) in [5.41, 5.74) is 5.23. The highest BCUT2D eigenvalue weighted by molar-refractivity contribution is 7.91. The number of hydrogen-bond donors (Lipinski definition) is 4. The Kier molecular flexibility index (Phi) is 7.84. The molecule has 0 radical (unpaired) electrons. The normalized spacial score (nSPS) is 30.1. The van der Waals surface area contributed by atoms with Gasteiger partial charge in [0, 0.05) is 13.0 Å². The Labute approximate surface area is 135 Å². The zero-order valence-electron chi connectivity index (χ0n) is 13.0. The largest absolute Gasteiger partial charge is 0.480 e. The molecule has 1 rings (SSSR count). The molecule has 0 bridgehead atoms. The third-order valence-electron chi connectivity index (χ3n) is 3.47. The van der Waals surface area contributed by atoms with Crippen LogP contribution in [0.1, 0.15) is 26.2 Å². The first-order valence-electron chi connectivity index (χ1n) is 7.48. The lowest BCUT2D eigenvalue weighted by Gasteiger charge is -2.36. The van der Waals surface area contributed by atoms with Crippen LogP contribution >= 0.6 is 0 Å². The van der Waals surface area contributed by atoms with Crippen LogP contribution in [0.25, 0.3) is 0 Å². The maximum Gasteiger partial charge on any atom is 0.321 e. The number of carboxylic acid groups (broad SMARTS) is 1. The van der Waals surface area contributed by atoms with E-state index in [1.165, 1.54) is 0 Å². The summed E-state index contributed by atoms with van der Waals surface area (Å²) in [6.45, 7) is 2.27. The highest BCUT2D eigenvalue weighted by Gasteiger charge is 2.39. The molecule has 23 heavy (non-hydrogen) atoms. The van der Waals surface area contributed by atoms with Gasteiger partial charge in [-0.05, 0) is 6.42 Å². The fourth-order valence-corrected chi connectivity index (χ4v) is 3.81. The van der Waals surface area contributed by atoms with Crippen molar-refractivity contribution in [2.75, 3.05) is 18.1 Å². The molecule has 1 fully saturated rings. The van der Waals surface area contributed by atoms with Gasteiger partial charge in [-0.1, -0.05) is 13.3 Å². The SMILES string of the molecule is CCCCOC1OC(CS(=O)(=O)CC(N)C(=O)O)CC(O)C1O. The number of hydrogen-bond acceptors (Lipinski definition) is 8. The van der Waals surface area contributed by atoms with Crippen molar-refractivity contribution in [3.63, 3.8) is 0 Å². The summed E-state index contributed by atoms with van der Waals surface area (Å²) in [5, 5.41) is 28.3. The maximum atomic E-state index is 12.0. The topological polar surface area (TPSA) is 156 Å². The lowest BCUT2D eigenvalue weighted by Crippen LogP contribution is -2.51. The van der Waals surface area contributed by atoms with E-state index in [2.05, 4.69) is 0 Å². The van der Waals surface area contributed by atoms with Crippen molar-refractivity contribution in [2.45, 2.75) is 56.8 Å². The average Bonchev–Trinajstić information content (AvgIpc) is 2.43. The summed E-state index contributed by atoms with van der Waals surface area (Å²) < 4.78 is 34.6. The minimum atomic E-state index is -3.79. The van der Waals surface area contributed by atoms with Gasteiger partial charge in [0.05, 0.1) is 23.7 Å². The van der Waals surface area contributed by atoms with Gasteiger partial charge in [0.25, 0.3) is 0 Å². The van der Waals surface area contributed by atoms with E-state index in [0.29, 0.717) is 6.61 Å². The second-order valence-electron chi connectivity index (χ2n) is 5.67. The molecule has 0 aliphatic carbocycles. The molecule has 5 N–H and O–H groups in total. The predicted octanol–water partition coefficient (Wildman–Crippen LogP) is -1.53. The molecular weight excluding hydrogens is 330 g/mol. The molecule has 0 saturated carbocycles. The Balaban J connectivity index is 2.63. The van der Waals surface area contributed by atoms with E-state index in [4.69, 9.17) is 20.3 Å². The summed E-state index contributed by atoms with van der Waals surface area (Å²) >= 11 is 0. The molecular formula is C13H25NO8S. The fraction of sp³-hybridized carbons (Fsp3) is 0.923. The van der Waals surface area contributed by atoms with Crippen LogP contribution in [-0.2, 0) is 24.1 Å². The number of carbonyl (C=O) groups is 1. The molecule has 5 unspecified atom stereocenters. The molecule has 1 heterocycles. The minimum absolute atomic E-state index is 0.0870. The number of unbranched alkanes of at least 4 members (excludes halogenated alkanes) is 1. The number of nitrogens with two attached hydrogens (primary N) is 1. The summed E-state index contributed by atoms with van der Waals surface area (Å²) in [6.07, 6.45) is -2.92. The minimum Gasteiger partial charge on any atom is -0.480 e. The Morgan fingerprint density at radius 2 is 2.09 bits per heavy atom. The average molecular weight is 355 g/mol. The van der Waals surface area contributed by atoms with Crippen molar-refractivity contribution in [1.29, 1.82) is 0 Å². The van der Waals surface area contributed by atoms with Gasteiger partial charge in [-0.25, -0.2) is 8.42 Å². The van der Waals surface area contributed by atoms with Crippen LogP contribution in [0.4, 0.5) is 0 Å². The number of aliphatic hydroxyl groups excluding tert-OH is 2. The van der Waals surface area contributed by atoms with Crippen LogP contribution in [-0.4, -0.2) is 78.5 Å². The van der Waals surface area contributed by atoms with Crippen LogP contribution in [0.5, 0.6) is 0 Å². The van der Waals surface area contributed by atoms with Gasteiger partial charge in [0.15, 0.2) is 16.1 Å². The first kappa shape index (κ1) is 20.3. The molecule has 9 nitrogen and oxygen atoms in total. The molecule has 0 aromatic carbocycles. The number of sulfone groups is 1. The Morgan fingerprint density at radius 3 is 2.65 bits per heavy atom. The summed E-state index contributed by atoms with van der Waals surface area (Å²) in [5.74, 6) is -2.62. The highest BCUT2D eigenvalue weighted by atomic mass is 32.2. The number of ether oxygens (including phenoxy) is 2. The molecule has 1 saturated heterocycles. The predicted molar refractivity (Wildman–Crippen MR) is 80.4 cm³/mol. The zero-order chi connectivity index (χ0) is 17.6. The van der Waals surface area contributed by atoms with Crippen LogP contribution in [0.2, 0.25) is 0 Å². The standard InChI is InChI=1S/C13H25NO8S/c1-2-3-4-21-13-11(16)10(15)5-8(22-13)6-23(19,20)7-9(14)12(17)18/h8-11,13,15-16H,2-7,14H2,1H3,(H,17,18). The summed E-state index contributed by atoms with van der Waals surface area (Å²) in [7, 11) is -3.79. The van der Waals surface area contributed by atoms with E-state index in [-0.39, 0.29) is 6.42 Å². The van der Waals surface area contributed by atoms with Crippen molar-refractivity contribution < 1.29 is 38.0 Å². The van der Waals surface area contributed by atoms with Gasteiger partial charge in [0.2, 0.25) is 0 Å². The molecule has 10 heteroatoms. The van der Waals surface area contributed by atoms with E-state index in [9.17, 15) is 23.4 Å². The van der Waals surface area contributed by atoms with E-state index >= 15 is 0 Å². The number of aliphatic carboxylic acids is 1. The summed E-state index contributed by atoms with van der Waals surface area (Å²) in [6, 6.07) is -1.52. The molecule has 1 aliphatic rings. The first-order valence-corrected chi connectivity index (χ1v) is 9.30. The number of aliphatic hydroxyl groups is 2. The summed E-state index contributed by atoms with van der Waals surface area (Å²) in [4.78, 5) is 10.6. The van der Waals surface area contributed by atoms with Crippen LogP contribution in [0, 0.1) is 0 Å². The van der Waals surface area contributed by atoms with E-state index < -0.39 is 58.0 Å².